The van der Waals surface area contributed by atoms with E-state index in [0.29, 0.717) is 6.42 Å². The summed E-state index contributed by atoms with van der Waals surface area (Å²) in [7, 11) is 0. The van der Waals surface area contributed by atoms with E-state index in [9.17, 15) is 5.11 Å². The van der Waals surface area contributed by atoms with Gasteiger partial charge in [-0.2, -0.15) is 0 Å². The van der Waals surface area contributed by atoms with Gasteiger partial charge in [-0.15, -0.1) is 0 Å². The Kier molecular flexibility index (Phi) is 2.72. The Labute approximate surface area is 79.4 Å². The zero-order valence-electron chi connectivity index (χ0n) is 5.52. The van der Waals surface area contributed by atoms with Gasteiger partial charge in [-0.3, -0.25) is 0 Å². The lowest BCUT2D eigenvalue weighted by atomic mass is 10.0. The normalized spacial score (nSPS) is 39.5. The van der Waals surface area contributed by atoms with Crippen LogP contribution in [-0.2, 0) is 0 Å². The first-order valence-electron chi connectivity index (χ1n) is 3.10. The number of aliphatic hydroxyl groups excluding tert-OH is 1. The van der Waals surface area contributed by atoms with Crippen molar-refractivity contribution >= 4 is 34.8 Å². The summed E-state index contributed by atoms with van der Waals surface area (Å²) in [5.74, 6) is 0. The van der Waals surface area contributed by atoms with Crippen molar-refractivity contribution in [3.8, 4) is 0 Å². The molecule has 0 amide bonds. The molecule has 0 radical (unpaired) electrons. The molecule has 0 heterocycles. The second-order valence-corrected chi connectivity index (χ2v) is 3.89. The van der Waals surface area contributed by atoms with Gasteiger partial charge in [0.05, 0.1) is 16.2 Å². The van der Waals surface area contributed by atoms with Crippen LogP contribution in [0.1, 0.15) is 12.8 Å². The highest BCUT2D eigenvalue weighted by Crippen LogP contribution is 2.40. The first kappa shape index (κ1) is 9.62. The quantitative estimate of drug-likeness (QED) is 0.607. The molecule has 2 N–H and O–H groups in total. The molecule has 0 saturated carbocycles. The number of aliphatic hydroxyl groups is 2. The fourth-order valence-electron chi connectivity index (χ4n) is 0.894. The summed E-state index contributed by atoms with van der Waals surface area (Å²) >= 11 is 16.7. The van der Waals surface area contributed by atoms with Crippen molar-refractivity contribution in [3.05, 3.63) is 10.1 Å². The monoisotopic (exact) mass is 216 g/mol. The highest BCUT2D eigenvalue weighted by Gasteiger charge is 2.36. The van der Waals surface area contributed by atoms with Crippen molar-refractivity contribution in [3.63, 3.8) is 0 Å². The lowest BCUT2D eigenvalue weighted by Gasteiger charge is -2.28. The standard InChI is InChI=1S/C6H7Cl3O2/c7-4-3(10)1-2-6(9,11)5(4)8/h3,10-11H,1-2H2. The summed E-state index contributed by atoms with van der Waals surface area (Å²) in [5, 5.41) is 16.8. The summed E-state index contributed by atoms with van der Waals surface area (Å²) < 4.78 is 0. The van der Waals surface area contributed by atoms with Gasteiger partial charge in [0, 0.05) is 0 Å². The number of alkyl halides is 1. The van der Waals surface area contributed by atoms with Crippen LogP contribution in [0.2, 0.25) is 0 Å². The van der Waals surface area contributed by atoms with Crippen molar-refractivity contribution in [1.29, 1.82) is 0 Å². The summed E-state index contributed by atoms with van der Waals surface area (Å²) in [6, 6.07) is 0. The molecule has 0 bridgehead atoms. The van der Waals surface area contributed by atoms with Crippen LogP contribution in [0.25, 0.3) is 0 Å². The van der Waals surface area contributed by atoms with Crippen LogP contribution in [0.4, 0.5) is 0 Å². The lowest BCUT2D eigenvalue weighted by Crippen LogP contribution is -2.30. The Morgan fingerprint density at radius 2 is 2.00 bits per heavy atom. The molecule has 0 aromatic carbocycles. The average Bonchev–Trinajstić information content (AvgIpc) is 1.95. The SMILES string of the molecule is OC1CCC(O)(Cl)C(Cl)=C1Cl. The maximum atomic E-state index is 9.31. The number of halogens is 3. The molecule has 0 fully saturated rings. The second-order valence-electron chi connectivity index (χ2n) is 2.48. The average molecular weight is 217 g/mol. The van der Waals surface area contributed by atoms with Crippen LogP contribution in [0.3, 0.4) is 0 Å². The third-order valence-electron chi connectivity index (χ3n) is 1.59. The highest BCUT2D eigenvalue weighted by atomic mass is 35.5. The predicted molar refractivity (Wildman–Crippen MR) is 44.8 cm³/mol. The molecule has 0 aromatic rings. The first-order valence-corrected chi connectivity index (χ1v) is 4.23. The van der Waals surface area contributed by atoms with Gasteiger partial charge in [0.1, 0.15) is 0 Å². The fourth-order valence-corrected chi connectivity index (χ4v) is 1.64. The molecule has 64 valence electrons. The van der Waals surface area contributed by atoms with E-state index in [0.717, 1.165) is 0 Å². The third-order valence-corrected chi connectivity index (χ3v) is 3.12. The van der Waals surface area contributed by atoms with E-state index in [1.807, 2.05) is 0 Å². The van der Waals surface area contributed by atoms with E-state index < -0.39 is 11.2 Å². The minimum absolute atomic E-state index is 0.0374. The van der Waals surface area contributed by atoms with Crippen LogP contribution in [0, 0.1) is 0 Å². The number of hydrogen-bond donors (Lipinski definition) is 2. The Morgan fingerprint density at radius 1 is 1.45 bits per heavy atom. The highest BCUT2D eigenvalue weighted by molar-refractivity contribution is 6.44. The largest absolute Gasteiger partial charge is 0.387 e. The molecular formula is C6H7Cl3O2. The molecule has 0 spiro atoms. The van der Waals surface area contributed by atoms with Crippen LogP contribution in [-0.4, -0.2) is 21.4 Å². The molecule has 0 aromatic heterocycles. The van der Waals surface area contributed by atoms with Gasteiger partial charge in [-0.25, -0.2) is 0 Å². The maximum absolute atomic E-state index is 9.31. The van der Waals surface area contributed by atoms with E-state index >= 15 is 0 Å². The minimum atomic E-state index is -1.59. The van der Waals surface area contributed by atoms with E-state index in [-0.39, 0.29) is 16.5 Å². The molecule has 5 heteroatoms. The Morgan fingerprint density at radius 3 is 2.45 bits per heavy atom. The van der Waals surface area contributed by atoms with E-state index in [1.54, 1.807) is 0 Å². The number of rotatable bonds is 0. The van der Waals surface area contributed by atoms with Crippen molar-refractivity contribution in [2.75, 3.05) is 0 Å². The van der Waals surface area contributed by atoms with Gasteiger partial charge >= 0.3 is 0 Å². The number of hydrogen-bond acceptors (Lipinski definition) is 2. The third kappa shape index (κ3) is 1.82. The molecule has 2 nitrogen and oxygen atoms in total. The minimum Gasteiger partial charge on any atom is -0.387 e. The van der Waals surface area contributed by atoms with Gasteiger partial charge < -0.3 is 10.2 Å². The lowest BCUT2D eigenvalue weighted by molar-refractivity contribution is 0.112. The van der Waals surface area contributed by atoms with Gasteiger partial charge in [-0.05, 0) is 12.8 Å². The van der Waals surface area contributed by atoms with E-state index in [1.165, 1.54) is 0 Å². The zero-order chi connectivity index (χ0) is 8.65. The molecule has 1 rings (SSSR count). The Hall–Kier alpha value is 0.530. The Balaban J connectivity index is 2.97. The van der Waals surface area contributed by atoms with Gasteiger partial charge in [0.25, 0.3) is 0 Å². The van der Waals surface area contributed by atoms with Crippen LogP contribution in [0.5, 0.6) is 0 Å². The Bertz CT molecular complexity index is 200. The van der Waals surface area contributed by atoms with Gasteiger partial charge in [0.15, 0.2) is 5.06 Å². The van der Waals surface area contributed by atoms with Crippen LogP contribution >= 0.6 is 34.8 Å². The van der Waals surface area contributed by atoms with E-state index in [4.69, 9.17) is 39.9 Å². The maximum Gasteiger partial charge on any atom is 0.176 e. The molecule has 2 atom stereocenters. The van der Waals surface area contributed by atoms with Crippen molar-refractivity contribution in [1.82, 2.24) is 0 Å². The summed E-state index contributed by atoms with van der Waals surface area (Å²) in [4.78, 5) is 0. The van der Waals surface area contributed by atoms with Crippen molar-refractivity contribution in [2.45, 2.75) is 24.0 Å². The second kappa shape index (κ2) is 3.11. The van der Waals surface area contributed by atoms with Gasteiger partial charge in [-0.1, -0.05) is 34.8 Å². The first-order chi connectivity index (χ1) is 4.95. The smallest absolute Gasteiger partial charge is 0.176 e. The molecule has 0 saturated heterocycles. The molecule has 2 unspecified atom stereocenters. The predicted octanol–water partition coefficient (Wildman–Crippen LogP) is 1.76. The molecule has 1 aliphatic carbocycles. The summed E-state index contributed by atoms with van der Waals surface area (Å²) in [5.41, 5.74) is 0. The zero-order valence-corrected chi connectivity index (χ0v) is 7.79. The molecular weight excluding hydrogens is 210 g/mol. The molecule has 0 aliphatic heterocycles. The van der Waals surface area contributed by atoms with E-state index in [2.05, 4.69) is 0 Å². The molecule has 11 heavy (non-hydrogen) atoms. The fraction of sp³-hybridized carbons (Fsp3) is 0.667. The summed E-state index contributed by atoms with van der Waals surface area (Å²) in [6.07, 6.45) is -0.247. The topological polar surface area (TPSA) is 40.5 Å². The van der Waals surface area contributed by atoms with Gasteiger partial charge in [0.2, 0.25) is 0 Å². The van der Waals surface area contributed by atoms with Crippen molar-refractivity contribution < 1.29 is 10.2 Å². The molecule has 1 aliphatic rings. The van der Waals surface area contributed by atoms with Crippen LogP contribution < -0.4 is 0 Å². The van der Waals surface area contributed by atoms with Crippen molar-refractivity contribution in [2.24, 2.45) is 0 Å². The summed E-state index contributed by atoms with van der Waals surface area (Å²) in [6.45, 7) is 0. The van der Waals surface area contributed by atoms with Crippen LogP contribution in [0.15, 0.2) is 10.1 Å².